The Hall–Kier alpha value is -0.770. The number of rotatable bonds is 2. The van der Waals surface area contributed by atoms with E-state index in [4.69, 9.17) is 23.2 Å². The van der Waals surface area contributed by atoms with Crippen LogP contribution in [0.3, 0.4) is 0 Å². The SMILES string of the molecule is CN1CC(C(=O)O)C(c2ccc(Cl)cc2Cl)C1. The van der Waals surface area contributed by atoms with Crippen LogP contribution < -0.4 is 0 Å². The lowest BCUT2D eigenvalue weighted by molar-refractivity contribution is -0.141. The minimum atomic E-state index is -0.773. The van der Waals surface area contributed by atoms with E-state index >= 15 is 0 Å². The lowest BCUT2D eigenvalue weighted by Crippen LogP contribution is -2.21. The van der Waals surface area contributed by atoms with Crippen molar-refractivity contribution in [2.75, 3.05) is 20.1 Å². The van der Waals surface area contributed by atoms with Gasteiger partial charge in [0.2, 0.25) is 0 Å². The zero-order valence-corrected chi connectivity index (χ0v) is 10.9. The van der Waals surface area contributed by atoms with Crippen LogP contribution in [0.4, 0.5) is 0 Å². The summed E-state index contributed by atoms with van der Waals surface area (Å²) in [5.74, 6) is -1.24. The highest BCUT2D eigenvalue weighted by atomic mass is 35.5. The molecule has 0 spiro atoms. The van der Waals surface area contributed by atoms with Gasteiger partial charge in [-0.2, -0.15) is 0 Å². The molecule has 2 atom stereocenters. The standard InChI is InChI=1S/C12H13Cl2NO2/c1-15-5-9(10(6-15)12(16)17)8-3-2-7(13)4-11(8)14/h2-4,9-10H,5-6H2,1H3,(H,16,17). The average Bonchev–Trinajstić information content (AvgIpc) is 2.60. The molecule has 0 saturated carbocycles. The maximum Gasteiger partial charge on any atom is 0.308 e. The minimum Gasteiger partial charge on any atom is -0.481 e. The zero-order chi connectivity index (χ0) is 12.6. The predicted molar refractivity (Wildman–Crippen MR) is 67.8 cm³/mol. The number of carbonyl (C=O) groups is 1. The highest BCUT2D eigenvalue weighted by Crippen LogP contribution is 2.36. The fourth-order valence-electron chi connectivity index (χ4n) is 2.37. The molecule has 1 fully saturated rings. The summed E-state index contributed by atoms with van der Waals surface area (Å²) in [6, 6.07) is 5.24. The second-order valence-corrected chi connectivity index (χ2v) is 5.28. The number of hydrogen-bond donors (Lipinski definition) is 1. The third-order valence-corrected chi connectivity index (χ3v) is 3.74. The van der Waals surface area contributed by atoms with Gasteiger partial charge in [0.15, 0.2) is 0 Å². The lowest BCUT2D eigenvalue weighted by atomic mass is 9.89. The average molecular weight is 274 g/mol. The number of carboxylic acid groups (broad SMARTS) is 1. The molecule has 1 aromatic carbocycles. The van der Waals surface area contributed by atoms with Gasteiger partial charge in [0.05, 0.1) is 5.92 Å². The number of hydrogen-bond acceptors (Lipinski definition) is 2. The van der Waals surface area contributed by atoms with Crippen molar-refractivity contribution in [3.8, 4) is 0 Å². The number of likely N-dealkylation sites (N-methyl/N-ethyl adjacent to an activating group) is 1. The van der Waals surface area contributed by atoms with Gasteiger partial charge in [-0.25, -0.2) is 0 Å². The lowest BCUT2D eigenvalue weighted by Gasteiger charge is -2.16. The van der Waals surface area contributed by atoms with Gasteiger partial charge in [-0.3, -0.25) is 4.79 Å². The summed E-state index contributed by atoms with van der Waals surface area (Å²) in [6.07, 6.45) is 0. The van der Waals surface area contributed by atoms with E-state index in [9.17, 15) is 9.90 Å². The third-order valence-electron chi connectivity index (χ3n) is 3.18. The molecule has 0 bridgehead atoms. The molecule has 0 aromatic heterocycles. The van der Waals surface area contributed by atoms with Crippen LogP contribution >= 0.6 is 23.2 Å². The number of aliphatic carboxylic acids is 1. The molecular formula is C12H13Cl2NO2. The summed E-state index contributed by atoms with van der Waals surface area (Å²) < 4.78 is 0. The van der Waals surface area contributed by atoms with Crippen LogP contribution in [-0.4, -0.2) is 36.1 Å². The van der Waals surface area contributed by atoms with Gasteiger partial charge in [0.1, 0.15) is 0 Å². The Morgan fingerprint density at radius 2 is 2.12 bits per heavy atom. The van der Waals surface area contributed by atoms with Crippen molar-refractivity contribution in [2.24, 2.45) is 5.92 Å². The Bertz CT molecular complexity index is 450. The second kappa shape index (κ2) is 4.84. The molecule has 0 aliphatic carbocycles. The predicted octanol–water partition coefficient (Wildman–Crippen LogP) is 2.72. The fourth-order valence-corrected chi connectivity index (χ4v) is 2.92. The smallest absolute Gasteiger partial charge is 0.308 e. The van der Waals surface area contributed by atoms with Crippen molar-refractivity contribution in [2.45, 2.75) is 5.92 Å². The number of benzene rings is 1. The van der Waals surface area contributed by atoms with Gasteiger partial charge in [-0.1, -0.05) is 29.3 Å². The van der Waals surface area contributed by atoms with Gasteiger partial charge in [0.25, 0.3) is 0 Å². The molecule has 2 rings (SSSR count). The first-order chi connectivity index (χ1) is 7.99. The molecular weight excluding hydrogens is 261 g/mol. The van der Waals surface area contributed by atoms with Gasteiger partial charge < -0.3 is 10.0 Å². The molecule has 1 aliphatic heterocycles. The van der Waals surface area contributed by atoms with E-state index in [2.05, 4.69) is 0 Å². The Balaban J connectivity index is 2.34. The molecule has 92 valence electrons. The topological polar surface area (TPSA) is 40.5 Å². The van der Waals surface area contributed by atoms with Crippen molar-refractivity contribution in [1.82, 2.24) is 4.90 Å². The fraction of sp³-hybridized carbons (Fsp3) is 0.417. The van der Waals surface area contributed by atoms with Gasteiger partial charge >= 0.3 is 5.97 Å². The summed E-state index contributed by atoms with van der Waals surface area (Å²) in [7, 11) is 1.92. The van der Waals surface area contributed by atoms with Gasteiger partial charge in [-0.05, 0) is 24.7 Å². The summed E-state index contributed by atoms with van der Waals surface area (Å²) in [5, 5.41) is 10.3. The van der Waals surface area contributed by atoms with Crippen LogP contribution in [0.15, 0.2) is 18.2 Å². The van der Waals surface area contributed by atoms with Crippen molar-refractivity contribution in [3.63, 3.8) is 0 Å². The van der Waals surface area contributed by atoms with Crippen LogP contribution in [0.1, 0.15) is 11.5 Å². The first-order valence-electron chi connectivity index (χ1n) is 5.35. The maximum atomic E-state index is 11.2. The van der Waals surface area contributed by atoms with Crippen molar-refractivity contribution < 1.29 is 9.90 Å². The van der Waals surface area contributed by atoms with Crippen molar-refractivity contribution in [1.29, 1.82) is 0 Å². The molecule has 0 radical (unpaired) electrons. The molecule has 1 aliphatic rings. The number of likely N-dealkylation sites (tertiary alicyclic amines) is 1. The van der Waals surface area contributed by atoms with E-state index in [-0.39, 0.29) is 5.92 Å². The molecule has 1 aromatic rings. The van der Waals surface area contributed by atoms with Crippen LogP contribution in [-0.2, 0) is 4.79 Å². The highest BCUT2D eigenvalue weighted by Gasteiger charge is 2.37. The molecule has 1 heterocycles. The Morgan fingerprint density at radius 1 is 1.41 bits per heavy atom. The number of carboxylic acids is 1. The van der Waals surface area contributed by atoms with Gasteiger partial charge in [-0.15, -0.1) is 0 Å². The molecule has 3 nitrogen and oxygen atoms in total. The summed E-state index contributed by atoms with van der Waals surface area (Å²) in [4.78, 5) is 13.2. The summed E-state index contributed by atoms with van der Waals surface area (Å²) in [6.45, 7) is 1.26. The molecule has 2 unspecified atom stereocenters. The Kier molecular flexibility index (Phi) is 3.61. The summed E-state index contributed by atoms with van der Waals surface area (Å²) >= 11 is 12.0. The molecule has 1 N–H and O–H groups in total. The third kappa shape index (κ3) is 2.57. The summed E-state index contributed by atoms with van der Waals surface area (Å²) in [5.41, 5.74) is 0.868. The number of halogens is 2. The van der Waals surface area contributed by atoms with E-state index in [1.54, 1.807) is 12.1 Å². The van der Waals surface area contributed by atoms with Crippen LogP contribution in [0.5, 0.6) is 0 Å². The first-order valence-corrected chi connectivity index (χ1v) is 6.11. The van der Waals surface area contributed by atoms with E-state index in [1.807, 2.05) is 18.0 Å². The van der Waals surface area contributed by atoms with Gasteiger partial charge in [0, 0.05) is 29.1 Å². The van der Waals surface area contributed by atoms with Crippen molar-refractivity contribution >= 4 is 29.2 Å². The van der Waals surface area contributed by atoms with Crippen molar-refractivity contribution in [3.05, 3.63) is 33.8 Å². The Labute approximate surface area is 110 Å². The van der Waals surface area contributed by atoms with Crippen LogP contribution in [0, 0.1) is 5.92 Å². The quantitative estimate of drug-likeness (QED) is 0.901. The first kappa shape index (κ1) is 12.7. The number of nitrogens with zero attached hydrogens (tertiary/aromatic N) is 1. The monoisotopic (exact) mass is 273 g/mol. The molecule has 0 amide bonds. The Morgan fingerprint density at radius 3 is 2.71 bits per heavy atom. The van der Waals surface area contributed by atoms with Crippen LogP contribution in [0.2, 0.25) is 10.0 Å². The van der Waals surface area contributed by atoms with Crippen LogP contribution in [0.25, 0.3) is 0 Å². The van der Waals surface area contributed by atoms with E-state index in [1.165, 1.54) is 0 Å². The highest BCUT2D eigenvalue weighted by molar-refractivity contribution is 6.35. The van der Waals surface area contributed by atoms with E-state index in [0.717, 1.165) is 5.56 Å². The minimum absolute atomic E-state index is 0.0673. The molecule has 1 saturated heterocycles. The maximum absolute atomic E-state index is 11.2. The zero-order valence-electron chi connectivity index (χ0n) is 9.36. The van der Waals surface area contributed by atoms with E-state index < -0.39 is 11.9 Å². The van der Waals surface area contributed by atoms with E-state index in [0.29, 0.717) is 23.1 Å². The largest absolute Gasteiger partial charge is 0.481 e. The molecule has 5 heteroatoms. The normalized spacial score (nSPS) is 25.1. The molecule has 17 heavy (non-hydrogen) atoms. The second-order valence-electron chi connectivity index (χ2n) is 4.44.